The molecular formula is C14H17N3O3. The van der Waals surface area contributed by atoms with Gasteiger partial charge in [0.05, 0.1) is 18.2 Å². The van der Waals surface area contributed by atoms with Crippen LogP contribution in [0.1, 0.15) is 18.9 Å². The second-order valence-corrected chi connectivity index (χ2v) is 4.41. The number of nitrogens with zero attached hydrogens (tertiary/aromatic N) is 2. The first kappa shape index (κ1) is 15.7. The molecule has 106 valence electrons. The lowest BCUT2D eigenvalue weighted by molar-refractivity contribution is -0.143. The second-order valence-electron chi connectivity index (χ2n) is 4.41. The van der Waals surface area contributed by atoms with Crippen LogP contribution in [0.2, 0.25) is 0 Å². The standard InChI is InChI=1S/C14H17N3O3/c1-3-12(14(19)20)17(2)9-13(18)16-11-6-4-10(8-15)5-7-11/h4-7,12H,3,9H2,1-2H3,(H,16,18)(H,19,20). The SMILES string of the molecule is CCC(C(=O)O)N(C)CC(=O)Nc1ccc(C#N)cc1. The van der Waals surface area contributed by atoms with Gasteiger partial charge in [-0.2, -0.15) is 5.26 Å². The number of nitrogens with one attached hydrogen (secondary N) is 1. The summed E-state index contributed by atoms with van der Waals surface area (Å²) in [5.41, 5.74) is 1.09. The average molecular weight is 275 g/mol. The zero-order valence-corrected chi connectivity index (χ0v) is 11.5. The van der Waals surface area contributed by atoms with E-state index < -0.39 is 12.0 Å². The third-order valence-electron chi connectivity index (χ3n) is 2.89. The molecule has 0 radical (unpaired) electrons. The highest BCUT2D eigenvalue weighted by molar-refractivity contribution is 5.92. The van der Waals surface area contributed by atoms with E-state index in [1.54, 1.807) is 38.2 Å². The fourth-order valence-electron chi connectivity index (χ4n) is 1.84. The number of carbonyl (C=O) groups excluding carboxylic acids is 1. The number of hydrogen-bond acceptors (Lipinski definition) is 4. The Kier molecular flexibility index (Phi) is 5.69. The van der Waals surface area contributed by atoms with Crippen LogP contribution in [0.3, 0.4) is 0 Å². The number of nitriles is 1. The van der Waals surface area contributed by atoms with E-state index in [0.717, 1.165) is 0 Å². The van der Waals surface area contributed by atoms with Crippen molar-refractivity contribution in [2.75, 3.05) is 18.9 Å². The van der Waals surface area contributed by atoms with Crippen LogP contribution in [0.5, 0.6) is 0 Å². The zero-order valence-electron chi connectivity index (χ0n) is 11.5. The van der Waals surface area contributed by atoms with Crippen LogP contribution in [0, 0.1) is 11.3 Å². The van der Waals surface area contributed by atoms with Gasteiger partial charge in [-0.05, 0) is 37.7 Å². The third kappa shape index (κ3) is 4.37. The van der Waals surface area contributed by atoms with Crippen LogP contribution in [-0.4, -0.2) is 41.5 Å². The number of likely N-dealkylation sites (N-methyl/N-ethyl adjacent to an activating group) is 1. The summed E-state index contributed by atoms with van der Waals surface area (Å²) in [6, 6.07) is 7.77. The maximum atomic E-state index is 11.8. The molecule has 2 N–H and O–H groups in total. The number of amides is 1. The van der Waals surface area contributed by atoms with Gasteiger partial charge in [-0.25, -0.2) is 0 Å². The lowest BCUT2D eigenvalue weighted by atomic mass is 10.2. The van der Waals surface area contributed by atoms with Crippen molar-refractivity contribution in [2.45, 2.75) is 19.4 Å². The Morgan fingerprint density at radius 2 is 2.00 bits per heavy atom. The summed E-state index contributed by atoms with van der Waals surface area (Å²) < 4.78 is 0. The molecule has 1 rings (SSSR count). The van der Waals surface area contributed by atoms with Crippen LogP contribution >= 0.6 is 0 Å². The van der Waals surface area contributed by atoms with Crippen molar-refractivity contribution in [3.63, 3.8) is 0 Å². The van der Waals surface area contributed by atoms with Crippen molar-refractivity contribution in [1.29, 1.82) is 5.26 Å². The van der Waals surface area contributed by atoms with Crippen molar-refractivity contribution < 1.29 is 14.7 Å². The molecule has 0 aliphatic carbocycles. The summed E-state index contributed by atoms with van der Waals surface area (Å²) in [7, 11) is 1.60. The van der Waals surface area contributed by atoms with Crippen molar-refractivity contribution in [3.8, 4) is 6.07 Å². The van der Waals surface area contributed by atoms with Gasteiger partial charge in [-0.15, -0.1) is 0 Å². The summed E-state index contributed by atoms with van der Waals surface area (Å²) in [6.07, 6.45) is 0.427. The summed E-state index contributed by atoms with van der Waals surface area (Å²) >= 11 is 0. The molecule has 6 heteroatoms. The maximum absolute atomic E-state index is 11.8. The van der Waals surface area contributed by atoms with Gasteiger partial charge in [0.2, 0.25) is 5.91 Å². The monoisotopic (exact) mass is 275 g/mol. The minimum atomic E-state index is -0.943. The van der Waals surface area contributed by atoms with Gasteiger partial charge >= 0.3 is 5.97 Å². The van der Waals surface area contributed by atoms with Crippen molar-refractivity contribution in [3.05, 3.63) is 29.8 Å². The number of anilines is 1. The summed E-state index contributed by atoms with van der Waals surface area (Å²) in [5.74, 6) is -1.24. The number of carbonyl (C=O) groups is 2. The Balaban J connectivity index is 2.58. The molecule has 1 amide bonds. The summed E-state index contributed by atoms with van der Waals surface area (Å²) in [6.45, 7) is 1.75. The van der Waals surface area contributed by atoms with Gasteiger partial charge < -0.3 is 10.4 Å². The van der Waals surface area contributed by atoms with Gasteiger partial charge in [-0.1, -0.05) is 6.92 Å². The van der Waals surface area contributed by atoms with E-state index in [9.17, 15) is 9.59 Å². The topological polar surface area (TPSA) is 93.4 Å². The number of benzene rings is 1. The van der Waals surface area contributed by atoms with E-state index >= 15 is 0 Å². The Morgan fingerprint density at radius 1 is 1.40 bits per heavy atom. The molecule has 1 unspecified atom stereocenters. The predicted octanol–water partition coefficient (Wildman–Crippen LogP) is 1.29. The molecule has 20 heavy (non-hydrogen) atoms. The lowest BCUT2D eigenvalue weighted by Crippen LogP contribution is -2.42. The predicted molar refractivity (Wildman–Crippen MR) is 74.1 cm³/mol. The Labute approximate surface area is 117 Å². The molecular weight excluding hydrogens is 258 g/mol. The summed E-state index contributed by atoms with van der Waals surface area (Å²) in [4.78, 5) is 24.3. The van der Waals surface area contributed by atoms with Crippen LogP contribution in [0.4, 0.5) is 5.69 Å². The highest BCUT2D eigenvalue weighted by atomic mass is 16.4. The van der Waals surface area contributed by atoms with Crippen LogP contribution in [-0.2, 0) is 9.59 Å². The Morgan fingerprint density at radius 3 is 2.45 bits per heavy atom. The van der Waals surface area contributed by atoms with Crippen LogP contribution in [0.15, 0.2) is 24.3 Å². The third-order valence-corrected chi connectivity index (χ3v) is 2.89. The first-order valence-electron chi connectivity index (χ1n) is 6.21. The van der Waals surface area contributed by atoms with Gasteiger partial charge in [0, 0.05) is 5.69 Å². The van der Waals surface area contributed by atoms with Gasteiger partial charge in [-0.3, -0.25) is 14.5 Å². The number of rotatable bonds is 6. The van der Waals surface area contributed by atoms with E-state index in [-0.39, 0.29) is 12.5 Å². The number of carboxylic acid groups (broad SMARTS) is 1. The Bertz CT molecular complexity index is 519. The fraction of sp³-hybridized carbons (Fsp3) is 0.357. The van der Waals surface area contributed by atoms with E-state index in [2.05, 4.69) is 5.32 Å². The number of hydrogen-bond donors (Lipinski definition) is 2. The largest absolute Gasteiger partial charge is 0.480 e. The molecule has 1 aromatic rings. The molecule has 0 saturated carbocycles. The van der Waals surface area contributed by atoms with Crippen LogP contribution < -0.4 is 5.32 Å². The normalized spacial score (nSPS) is 11.7. The minimum absolute atomic E-state index is 0.00912. The van der Waals surface area contributed by atoms with Gasteiger partial charge in [0.15, 0.2) is 0 Å². The highest BCUT2D eigenvalue weighted by Gasteiger charge is 2.22. The van der Waals surface area contributed by atoms with Crippen LogP contribution in [0.25, 0.3) is 0 Å². The summed E-state index contributed by atoms with van der Waals surface area (Å²) in [5, 5.41) is 20.3. The molecule has 0 aliphatic rings. The van der Waals surface area contributed by atoms with Crippen molar-refractivity contribution in [1.82, 2.24) is 4.90 Å². The lowest BCUT2D eigenvalue weighted by Gasteiger charge is -2.22. The quantitative estimate of drug-likeness (QED) is 0.816. The maximum Gasteiger partial charge on any atom is 0.320 e. The second kappa shape index (κ2) is 7.26. The first-order valence-corrected chi connectivity index (χ1v) is 6.21. The van der Waals surface area contributed by atoms with E-state index in [0.29, 0.717) is 17.7 Å². The minimum Gasteiger partial charge on any atom is -0.480 e. The Hall–Kier alpha value is -2.39. The number of aliphatic carboxylic acids is 1. The van der Waals surface area contributed by atoms with Crippen molar-refractivity contribution in [2.24, 2.45) is 0 Å². The smallest absolute Gasteiger partial charge is 0.320 e. The molecule has 0 heterocycles. The molecule has 0 aromatic heterocycles. The molecule has 0 saturated heterocycles. The van der Waals surface area contributed by atoms with E-state index in [1.165, 1.54) is 4.90 Å². The molecule has 6 nitrogen and oxygen atoms in total. The highest BCUT2D eigenvalue weighted by Crippen LogP contribution is 2.09. The fourth-order valence-corrected chi connectivity index (χ4v) is 1.84. The molecule has 0 bridgehead atoms. The molecule has 0 spiro atoms. The number of carboxylic acids is 1. The van der Waals surface area contributed by atoms with E-state index in [1.807, 2.05) is 6.07 Å². The molecule has 0 fully saturated rings. The first-order chi connectivity index (χ1) is 9.47. The van der Waals surface area contributed by atoms with Gasteiger partial charge in [0.25, 0.3) is 0 Å². The molecule has 1 aromatic carbocycles. The molecule has 0 aliphatic heterocycles. The van der Waals surface area contributed by atoms with Gasteiger partial charge in [0.1, 0.15) is 6.04 Å². The molecule has 1 atom stereocenters. The average Bonchev–Trinajstić information content (AvgIpc) is 2.39. The van der Waals surface area contributed by atoms with Crippen molar-refractivity contribution >= 4 is 17.6 Å². The van der Waals surface area contributed by atoms with E-state index in [4.69, 9.17) is 10.4 Å². The zero-order chi connectivity index (χ0) is 15.1.